The zero-order valence-corrected chi connectivity index (χ0v) is 20.7. The van der Waals surface area contributed by atoms with Gasteiger partial charge in [0.15, 0.2) is 5.69 Å². The largest absolute Gasteiger partial charge is 0.464 e. The molecule has 9 heteroatoms. The van der Waals surface area contributed by atoms with E-state index in [1.54, 1.807) is 17.4 Å². The summed E-state index contributed by atoms with van der Waals surface area (Å²) >= 11 is 8.02. The maximum absolute atomic E-state index is 13.0. The molecular weight excluding hydrogens is 474 g/mol. The van der Waals surface area contributed by atoms with E-state index in [2.05, 4.69) is 5.32 Å². The summed E-state index contributed by atoms with van der Waals surface area (Å²) in [6.45, 7) is 3.58. The van der Waals surface area contributed by atoms with E-state index in [1.807, 2.05) is 29.7 Å². The van der Waals surface area contributed by atoms with E-state index in [1.165, 1.54) is 24.5 Å². The minimum Gasteiger partial charge on any atom is -0.464 e. The molecule has 0 bridgehead atoms. The van der Waals surface area contributed by atoms with E-state index in [9.17, 15) is 9.59 Å². The number of nitrogens with zero attached hydrogens (tertiary/aromatic N) is 2. The summed E-state index contributed by atoms with van der Waals surface area (Å²) in [4.78, 5) is 32.0. The molecular formula is C25H24ClN3O4S. The number of aromatic nitrogens is 2. The van der Waals surface area contributed by atoms with Gasteiger partial charge >= 0.3 is 5.97 Å². The van der Waals surface area contributed by atoms with Gasteiger partial charge in [-0.2, -0.15) is 0 Å². The molecule has 1 amide bonds. The number of esters is 1. The van der Waals surface area contributed by atoms with Crippen LogP contribution in [0.5, 0.6) is 0 Å². The molecule has 7 nitrogen and oxygen atoms in total. The van der Waals surface area contributed by atoms with Gasteiger partial charge in [0.1, 0.15) is 16.3 Å². The smallest absolute Gasteiger partial charge is 0.356 e. The Hall–Kier alpha value is -3.10. The molecule has 3 heterocycles. The Morgan fingerprint density at radius 2 is 2.03 bits per heavy atom. The summed E-state index contributed by atoms with van der Waals surface area (Å²) in [7, 11) is 1.34. The highest BCUT2D eigenvalue weighted by Crippen LogP contribution is 2.44. The highest BCUT2D eigenvalue weighted by Gasteiger charge is 2.31. The number of carbonyl (C=O) groups excluding carboxylic acids is 2. The topological polar surface area (TPSA) is 86.4 Å². The van der Waals surface area contributed by atoms with Crippen LogP contribution in [-0.2, 0) is 28.9 Å². The highest BCUT2D eigenvalue weighted by molar-refractivity contribution is 7.19. The fourth-order valence-corrected chi connectivity index (χ4v) is 6.20. The predicted molar refractivity (Wildman–Crippen MR) is 133 cm³/mol. The van der Waals surface area contributed by atoms with Crippen molar-refractivity contribution < 1.29 is 18.7 Å². The lowest BCUT2D eigenvalue weighted by Gasteiger charge is -2.13. The molecule has 0 aliphatic heterocycles. The third-order valence-electron chi connectivity index (χ3n) is 6.14. The Labute approximate surface area is 205 Å². The van der Waals surface area contributed by atoms with Crippen molar-refractivity contribution in [2.24, 2.45) is 0 Å². The van der Waals surface area contributed by atoms with Gasteiger partial charge in [-0.05, 0) is 50.3 Å². The van der Waals surface area contributed by atoms with Crippen molar-refractivity contribution in [3.05, 3.63) is 56.9 Å². The summed E-state index contributed by atoms with van der Waals surface area (Å²) in [6.07, 6.45) is 4.15. The standard InChI is InChI=1S/C25H24ClN3O4S/c1-13-18(28-23(33-13)15-8-4-6-10-17(15)26)12-29-22(25(31)32-3)21(27-14(2)30)20-16-9-5-7-11-19(16)34-24(20)29/h4,6,8,10H,5,7,9,11-12H2,1-3H3,(H,27,30). The predicted octanol–water partition coefficient (Wildman–Crippen LogP) is 5.99. The molecule has 0 unspecified atom stereocenters. The minimum atomic E-state index is -0.510. The zero-order chi connectivity index (χ0) is 24.0. The lowest BCUT2D eigenvalue weighted by molar-refractivity contribution is -0.114. The van der Waals surface area contributed by atoms with Crippen LogP contribution < -0.4 is 5.32 Å². The molecule has 0 saturated heterocycles. The number of halogens is 1. The molecule has 0 radical (unpaired) electrons. The van der Waals surface area contributed by atoms with Gasteiger partial charge in [0.05, 0.1) is 29.9 Å². The van der Waals surface area contributed by atoms with Gasteiger partial charge in [-0.1, -0.05) is 23.7 Å². The summed E-state index contributed by atoms with van der Waals surface area (Å²) in [5.74, 6) is 0.312. The number of aryl methyl sites for hydroxylation is 3. The van der Waals surface area contributed by atoms with E-state index >= 15 is 0 Å². The number of fused-ring (bicyclic) bond motifs is 3. The number of anilines is 1. The van der Waals surface area contributed by atoms with Crippen LogP contribution in [0.3, 0.4) is 0 Å². The minimum absolute atomic E-state index is 0.237. The average molecular weight is 498 g/mol. The van der Waals surface area contributed by atoms with Gasteiger partial charge < -0.3 is 19.0 Å². The first-order chi connectivity index (χ1) is 16.4. The zero-order valence-electron chi connectivity index (χ0n) is 19.2. The summed E-state index contributed by atoms with van der Waals surface area (Å²) in [5, 5.41) is 4.39. The van der Waals surface area contributed by atoms with Crippen molar-refractivity contribution in [3.63, 3.8) is 0 Å². The van der Waals surface area contributed by atoms with E-state index in [0.717, 1.165) is 35.9 Å². The molecule has 0 fully saturated rings. The Morgan fingerprint density at radius 1 is 1.26 bits per heavy atom. The molecule has 1 aliphatic carbocycles. The van der Waals surface area contributed by atoms with E-state index in [4.69, 9.17) is 25.7 Å². The van der Waals surface area contributed by atoms with Crippen molar-refractivity contribution in [2.45, 2.75) is 46.1 Å². The number of nitrogens with one attached hydrogen (secondary N) is 1. The number of ether oxygens (including phenoxy) is 1. The van der Waals surface area contributed by atoms with Crippen LogP contribution in [0.2, 0.25) is 5.02 Å². The maximum atomic E-state index is 13.0. The van der Waals surface area contributed by atoms with E-state index in [0.29, 0.717) is 45.9 Å². The van der Waals surface area contributed by atoms with E-state index < -0.39 is 5.97 Å². The fourth-order valence-electron chi connectivity index (χ4n) is 4.59. The van der Waals surface area contributed by atoms with Crippen molar-refractivity contribution in [2.75, 3.05) is 12.4 Å². The van der Waals surface area contributed by atoms with Gasteiger partial charge in [-0.3, -0.25) is 4.79 Å². The van der Waals surface area contributed by atoms with Gasteiger partial charge in [-0.25, -0.2) is 9.78 Å². The first-order valence-corrected chi connectivity index (χ1v) is 12.3. The number of methoxy groups -OCH3 is 1. The Bertz CT molecular complexity index is 1430. The molecule has 176 valence electrons. The lowest BCUT2D eigenvalue weighted by atomic mass is 9.96. The first kappa shape index (κ1) is 22.7. The molecule has 4 aromatic rings. The monoisotopic (exact) mass is 497 g/mol. The SMILES string of the molecule is COC(=O)c1c(NC(C)=O)c2c3c(sc2n1Cc1nc(-c2ccccc2Cl)oc1C)CCCC3. The fraction of sp³-hybridized carbons (Fsp3) is 0.320. The number of hydrogen-bond acceptors (Lipinski definition) is 6. The molecule has 3 aromatic heterocycles. The molecule has 5 rings (SSSR count). The number of hydrogen-bond donors (Lipinski definition) is 1. The number of thiophene rings is 1. The van der Waals surface area contributed by atoms with Gasteiger partial charge in [0.2, 0.25) is 11.8 Å². The second-order valence-electron chi connectivity index (χ2n) is 8.38. The number of carbonyl (C=O) groups is 2. The second-order valence-corrected chi connectivity index (χ2v) is 9.87. The van der Waals surface area contributed by atoms with Crippen LogP contribution in [0.25, 0.3) is 21.7 Å². The normalized spacial score (nSPS) is 13.2. The molecule has 0 spiro atoms. The summed E-state index contributed by atoms with van der Waals surface area (Å²) < 4.78 is 13.0. The third-order valence-corrected chi connectivity index (χ3v) is 7.78. The van der Waals surface area contributed by atoms with Crippen LogP contribution >= 0.6 is 22.9 Å². The van der Waals surface area contributed by atoms with Crippen molar-refractivity contribution in [1.82, 2.24) is 9.55 Å². The molecule has 0 atom stereocenters. The molecule has 1 aliphatic rings. The summed E-state index contributed by atoms with van der Waals surface area (Å²) in [6, 6.07) is 7.37. The number of benzene rings is 1. The van der Waals surface area contributed by atoms with Crippen LogP contribution in [0.15, 0.2) is 28.7 Å². The van der Waals surface area contributed by atoms with Crippen LogP contribution in [-0.4, -0.2) is 28.5 Å². The van der Waals surface area contributed by atoms with Gasteiger partial charge in [0, 0.05) is 17.2 Å². The molecule has 34 heavy (non-hydrogen) atoms. The molecule has 1 aromatic carbocycles. The van der Waals surface area contributed by atoms with Crippen LogP contribution in [0, 0.1) is 6.92 Å². The summed E-state index contributed by atoms with van der Waals surface area (Å²) in [5.41, 5.74) is 3.43. The second kappa shape index (κ2) is 8.92. The van der Waals surface area contributed by atoms with Crippen molar-refractivity contribution in [3.8, 4) is 11.5 Å². The lowest BCUT2D eigenvalue weighted by Crippen LogP contribution is -2.16. The molecule has 0 saturated carbocycles. The van der Waals surface area contributed by atoms with Crippen molar-refractivity contribution in [1.29, 1.82) is 0 Å². The maximum Gasteiger partial charge on any atom is 0.356 e. The molecule has 1 N–H and O–H groups in total. The van der Waals surface area contributed by atoms with Gasteiger partial charge in [0.25, 0.3) is 0 Å². The number of amides is 1. The Morgan fingerprint density at radius 3 is 2.76 bits per heavy atom. The third kappa shape index (κ3) is 3.80. The number of oxazole rings is 1. The average Bonchev–Trinajstić information content (AvgIpc) is 3.45. The Balaban J connectivity index is 1.69. The first-order valence-electron chi connectivity index (χ1n) is 11.1. The number of rotatable bonds is 5. The van der Waals surface area contributed by atoms with E-state index in [-0.39, 0.29) is 5.91 Å². The van der Waals surface area contributed by atoms with Gasteiger partial charge in [-0.15, -0.1) is 11.3 Å². The quantitative estimate of drug-likeness (QED) is 0.342. The van der Waals surface area contributed by atoms with Crippen molar-refractivity contribution >= 4 is 50.7 Å². The van der Waals surface area contributed by atoms with Crippen LogP contribution in [0.4, 0.5) is 5.69 Å². The highest BCUT2D eigenvalue weighted by atomic mass is 35.5. The Kier molecular flexibility index (Phi) is 5.95. The van der Waals surface area contributed by atoms with Crippen LogP contribution in [0.1, 0.15) is 52.1 Å².